The molecule has 4 nitrogen and oxygen atoms in total. The summed E-state index contributed by atoms with van der Waals surface area (Å²) in [6.45, 7) is 5.18. The second-order valence-corrected chi connectivity index (χ2v) is 6.76. The summed E-state index contributed by atoms with van der Waals surface area (Å²) in [6.07, 6.45) is -0.660. The van der Waals surface area contributed by atoms with Crippen molar-refractivity contribution in [2.75, 3.05) is 30.1 Å². The second-order valence-electron chi connectivity index (χ2n) is 6.76. The Hall–Kier alpha value is -2.11. The molecule has 25 heavy (non-hydrogen) atoms. The van der Waals surface area contributed by atoms with Crippen molar-refractivity contribution in [1.82, 2.24) is 5.32 Å². The van der Waals surface area contributed by atoms with Gasteiger partial charge >= 0.3 is 0 Å². The minimum absolute atomic E-state index is 0.239. The van der Waals surface area contributed by atoms with Crippen LogP contribution in [0.1, 0.15) is 25.5 Å². The monoisotopic (exact) mass is 343 g/mol. The summed E-state index contributed by atoms with van der Waals surface area (Å²) in [7, 11) is 1.81. The van der Waals surface area contributed by atoms with E-state index < -0.39 is 6.10 Å². The van der Waals surface area contributed by atoms with Gasteiger partial charge in [-0.15, -0.1) is 0 Å². The molecule has 0 spiro atoms. The number of fused-ring (bicyclic) bond motifs is 1. The van der Waals surface area contributed by atoms with Gasteiger partial charge in [0.15, 0.2) is 0 Å². The van der Waals surface area contributed by atoms with E-state index in [4.69, 9.17) is 0 Å². The highest BCUT2D eigenvalue weighted by molar-refractivity contribution is 5.78. The lowest BCUT2D eigenvalue weighted by molar-refractivity contribution is 0.140. The molecule has 0 fully saturated rings. The zero-order chi connectivity index (χ0) is 18.0. The van der Waals surface area contributed by atoms with Gasteiger partial charge in [0.05, 0.1) is 30.2 Å². The van der Waals surface area contributed by atoms with Crippen LogP contribution < -0.4 is 15.1 Å². The number of rotatable bonds is 6. The summed E-state index contributed by atoms with van der Waals surface area (Å²) in [5.41, 5.74) is 2.43. The van der Waals surface area contributed by atoms with E-state index in [0.29, 0.717) is 18.9 Å². The van der Waals surface area contributed by atoms with Crippen molar-refractivity contribution < 1.29 is 9.50 Å². The van der Waals surface area contributed by atoms with Gasteiger partial charge in [0.1, 0.15) is 5.82 Å². The molecular weight excluding hydrogens is 317 g/mol. The zero-order valence-electron chi connectivity index (χ0n) is 15.0. The number of benzene rings is 2. The molecule has 0 aromatic heterocycles. The molecule has 0 saturated carbocycles. The number of aliphatic hydroxyl groups is 1. The summed E-state index contributed by atoms with van der Waals surface area (Å²) in [6, 6.07) is 14.9. The van der Waals surface area contributed by atoms with Crippen LogP contribution in [-0.4, -0.2) is 37.5 Å². The Labute approximate surface area is 148 Å². The van der Waals surface area contributed by atoms with Crippen LogP contribution in [0.25, 0.3) is 0 Å². The fourth-order valence-electron chi connectivity index (χ4n) is 3.58. The van der Waals surface area contributed by atoms with Crippen molar-refractivity contribution >= 4 is 11.4 Å². The first-order chi connectivity index (χ1) is 12.0. The molecule has 5 heteroatoms. The van der Waals surface area contributed by atoms with E-state index in [-0.39, 0.29) is 17.9 Å². The Balaban J connectivity index is 2.08. The third-order valence-electron chi connectivity index (χ3n) is 4.74. The molecule has 1 aliphatic heterocycles. The third kappa shape index (κ3) is 3.34. The lowest BCUT2D eigenvalue weighted by Crippen LogP contribution is -2.44. The molecule has 0 radical (unpaired) electrons. The fraction of sp³-hybridized carbons (Fsp3) is 0.400. The van der Waals surface area contributed by atoms with Gasteiger partial charge in [-0.2, -0.15) is 0 Å². The van der Waals surface area contributed by atoms with Crippen molar-refractivity contribution in [3.8, 4) is 0 Å². The first kappa shape index (κ1) is 17.7. The van der Waals surface area contributed by atoms with E-state index in [1.807, 2.05) is 48.3 Å². The average Bonchev–Trinajstić information content (AvgIpc) is 2.97. The largest absolute Gasteiger partial charge is 0.389 e. The highest BCUT2D eigenvalue weighted by atomic mass is 19.1. The lowest BCUT2D eigenvalue weighted by Gasteiger charge is -2.35. The van der Waals surface area contributed by atoms with Crippen LogP contribution in [0.3, 0.4) is 0 Å². The van der Waals surface area contributed by atoms with Crippen LogP contribution in [0.5, 0.6) is 0 Å². The van der Waals surface area contributed by atoms with Gasteiger partial charge in [0, 0.05) is 12.6 Å². The van der Waals surface area contributed by atoms with E-state index in [2.05, 4.69) is 24.1 Å². The van der Waals surface area contributed by atoms with Crippen LogP contribution in [0.15, 0.2) is 48.5 Å². The van der Waals surface area contributed by atoms with E-state index in [1.165, 1.54) is 6.07 Å². The van der Waals surface area contributed by atoms with Gasteiger partial charge in [0.25, 0.3) is 0 Å². The van der Waals surface area contributed by atoms with Gasteiger partial charge in [-0.25, -0.2) is 4.39 Å². The van der Waals surface area contributed by atoms with Gasteiger partial charge in [-0.1, -0.05) is 36.4 Å². The quantitative estimate of drug-likeness (QED) is 0.845. The Bertz CT molecular complexity index is 707. The molecule has 0 aliphatic carbocycles. The minimum atomic E-state index is -0.660. The standard InChI is InChI=1S/C20H26FN3O/c1-14(2)23-13-24(20-16(21)10-7-11-17(20)23)19(18(25)12-22-3)15-8-5-4-6-9-15/h4-11,14,18-19,22,25H,12-13H2,1-3H3. The van der Waals surface area contributed by atoms with Crippen LogP contribution in [0.2, 0.25) is 0 Å². The third-order valence-corrected chi connectivity index (χ3v) is 4.74. The number of halogens is 1. The summed E-state index contributed by atoms with van der Waals surface area (Å²) >= 11 is 0. The zero-order valence-corrected chi connectivity index (χ0v) is 15.0. The van der Waals surface area contributed by atoms with Gasteiger partial charge < -0.3 is 20.2 Å². The number of anilines is 2. The molecule has 1 heterocycles. The van der Waals surface area contributed by atoms with E-state index in [9.17, 15) is 9.50 Å². The smallest absolute Gasteiger partial charge is 0.148 e. The number of nitrogens with one attached hydrogen (secondary N) is 1. The fourth-order valence-corrected chi connectivity index (χ4v) is 3.58. The summed E-state index contributed by atoms with van der Waals surface area (Å²) in [5, 5.41) is 13.8. The van der Waals surface area contributed by atoms with Crippen molar-refractivity contribution in [1.29, 1.82) is 0 Å². The molecule has 0 amide bonds. The van der Waals surface area contributed by atoms with Gasteiger partial charge in [-0.05, 0) is 38.6 Å². The summed E-state index contributed by atoms with van der Waals surface area (Å²) in [5.74, 6) is -0.252. The van der Waals surface area contributed by atoms with Crippen molar-refractivity contribution in [2.24, 2.45) is 0 Å². The van der Waals surface area contributed by atoms with E-state index in [1.54, 1.807) is 6.07 Å². The van der Waals surface area contributed by atoms with E-state index >= 15 is 0 Å². The first-order valence-corrected chi connectivity index (χ1v) is 8.74. The number of hydrogen-bond donors (Lipinski definition) is 2. The van der Waals surface area contributed by atoms with E-state index in [0.717, 1.165) is 11.3 Å². The number of nitrogens with zero attached hydrogens (tertiary/aromatic N) is 2. The molecule has 2 N–H and O–H groups in total. The maximum absolute atomic E-state index is 14.7. The Morgan fingerprint density at radius 3 is 2.44 bits per heavy atom. The molecule has 0 saturated heterocycles. The first-order valence-electron chi connectivity index (χ1n) is 8.74. The maximum Gasteiger partial charge on any atom is 0.148 e. The van der Waals surface area contributed by atoms with Gasteiger partial charge in [-0.3, -0.25) is 0 Å². The predicted molar refractivity (Wildman–Crippen MR) is 100 cm³/mol. The Morgan fingerprint density at radius 1 is 1.08 bits per heavy atom. The molecule has 2 aromatic rings. The minimum Gasteiger partial charge on any atom is -0.389 e. The summed E-state index contributed by atoms with van der Waals surface area (Å²) in [4.78, 5) is 4.16. The number of para-hydroxylation sites is 1. The molecule has 3 rings (SSSR count). The number of likely N-dealkylation sites (N-methyl/N-ethyl adjacent to an activating group) is 1. The number of hydrogen-bond acceptors (Lipinski definition) is 4. The molecule has 134 valence electrons. The lowest BCUT2D eigenvalue weighted by atomic mass is 9.99. The van der Waals surface area contributed by atoms with Crippen LogP contribution >= 0.6 is 0 Å². The second kappa shape index (κ2) is 7.42. The molecule has 2 atom stereocenters. The molecule has 2 aromatic carbocycles. The molecule has 1 aliphatic rings. The SMILES string of the molecule is CNCC(O)C(c1ccccc1)N1CN(C(C)C)c2cccc(F)c21. The van der Waals surface area contributed by atoms with Crippen molar-refractivity contribution in [3.63, 3.8) is 0 Å². The van der Waals surface area contributed by atoms with Crippen LogP contribution in [0, 0.1) is 5.82 Å². The number of aliphatic hydroxyl groups excluding tert-OH is 1. The predicted octanol–water partition coefficient (Wildman–Crippen LogP) is 3.14. The van der Waals surface area contributed by atoms with Crippen LogP contribution in [0.4, 0.5) is 15.8 Å². The van der Waals surface area contributed by atoms with Crippen LogP contribution in [-0.2, 0) is 0 Å². The Kier molecular flexibility index (Phi) is 5.25. The molecular formula is C20H26FN3O. The highest BCUT2D eigenvalue weighted by Gasteiger charge is 2.37. The summed E-state index contributed by atoms with van der Waals surface area (Å²) < 4.78 is 14.7. The van der Waals surface area contributed by atoms with Gasteiger partial charge in [0.2, 0.25) is 0 Å². The topological polar surface area (TPSA) is 38.7 Å². The highest BCUT2D eigenvalue weighted by Crippen LogP contribution is 2.44. The average molecular weight is 343 g/mol. The van der Waals surface area contributed by atoms with Crippen molar-refractivity contribution in [3.05, 3.63) is 59.9 Å². The molecule has 0 bridgehead atoms. The molecule has 2 unspecified atom stereocenters. The van der Waals surface area contributed by atoms with Crippen molar-refractivity contribution in [2.45, 2.75) is 32.0 Å². The Morgan fingerprint density at radius 2 is 1.80 bits per heavy atom. The normalized spacial score (nSPS) is 16.2. The maximum atomic E-state index is 14.7.